The Morgan fingerprint density at radius 1 is 1.25 bits per heavy atom. The number of imidazole rings is 1. The molecule has 1 aromatic heterocycles. The molecular formula is C11H7Cl2N3. The van der Waals surface area contributed by atoms with E-state index in [0.717, 1.165) is 5.56 Å². The average Bonchev–Trinajstić information content (AvgIpc) is 2.62. The van der Waals surface area contributed by atoms with E-state index in [9.17, 15) is 0 Å². The maximum absolute atomic E-state index is 8.59. The summed E-state index contributed by atoms with van der Waals surface area (Å²) in [6.07, 6.45) is 0.222. The first-order valence-electron chi connectivity index (χ1n) is 4.58. The molecule has 0 atom stereocenters. The number of aromatic nitrogens is 2. The topological polar surface area (TPSA) is 52.5 Å². The van der Waals surface area contributed by atoms with Crippen molar-refractivity contribution in [3.63, 3.8) is 0 Å². The molecule has 80 valence electrons. The molecule has 0 saturated carbocycles. The quantitative estimate of drug-likeness (QED) is 0.889. The van der Waals surface area contributed by atoms with Gasteiger partial charge >= 0.3 is 0 Å². The Kier molecular flexibility index (Phi) is 3.14. The summed E-state index contributed by atoms with van der Waals surface area (Å²) in [5, 5.41) is 9.59. The van der Waals surface area contributed by atoms with Crippen LogP contribution >= 0.6 is 23.2 Å². The van der Waals surface area contributed by atoms with Crippen LogP contribution in [0.25, 0.3) is 11.4 Å². The Morgan fingerprint density at radius 3 is 2.56 bits per heavy atom. The smallest absolute Gasteiger partial charge is 0.151 e. The van der Waals surface area contributed by atoms with Crippen molar-refractivity contribution in [3.8, 4) is 17.5 Å². The molecule has 0 unspecified atom stereocenters. The fourth-order valence-electron chi connectivity index (χ4n) is 1.33. The Bertz CT molecular complexity index is 537. The van der Waals surface area contributed by atoms with Gasteiger partial charge in [0.25, 0.3) is 0 Å². The SMILES string of the molecule is N#CCc1[nH]c(-c2ccc(Cl)cc2)nc1Cl. The molecule has 0 radical (unpaired) electrons. The van der Waals surface area contributed by atoms with Gasteiger partial charge in [-0.15, -0.1) is 0 Å². The van der Waals surface area contributed by atoms with Crippen LogP contribution in [0.1, 0.15) is 5.69 Å². The third-order valence-electron chi connectivity index (χ3n) is 2.10. The number of H-pyrrole nitrogens is 1. The molecule has 0 aliphatic rings. The van der Waals surface area contributed by atoms with Gasteiger partial charge < -0.3 is 4.98 Å². The largest absolute Gasteiger partial charge is 0.340 e. The summed E-state index contributed by atoms with van der Waals surface area (Å²) in [6, 6.07) is 9.25. The first kappa shape index (κ1) is 11.0. The summed E-state index contributed by atoms with van der Waals surface area (Å²) < 4.78 is 0. The molecular weight excluding hydrogens is 245 g/mol. The van der Waals surface area contributed by atoms with Crippen molar-refractivity contribution in [1.29, 1.82) is 5.26 Å². The molecule has 0 spiro atoms. The van der Waals surface area contributed by atoms with E-state index < -0.39 is 0 Å². The standard InChI is InChI=1S/C11H7Cl2N3/c12-8-3-1-7(2-4-8)11-15-9(5-6-14)10(13)16-11/h1-4H,5H2,(H,15,16). The van der Waals surface area contributed by atoms with Gasteiger partial charge in [-0.3, -0.25) is 0 Å². The molecule has 3 nitrogen and oxygen atoms in total. The highest BCUT2D eigenvalue weighted by Crippen LogP contribution is 2.22. The van der Waals surface area contributed by atoms with Crippen LogP contribution in [0, 0.1) is 11.3 Å². The maximum atomic E-state index is 8.59. The second-order valence-corrected chi connectivity index (χ2v) is 3.99. The van der Waals surface area contributed by atoms with Crippen LogP contribution in [-0.4, -0.2) is 9.97 Å². The lowest BCUT2D eigenvalue weighted by molar-refractivity contribution is 1.16. The number of aromatic amines is 1. The van der Waals surface area contributed by atoms with Crippen LogP contribution < -0.4 is 0 Å². The van der Waals surface area contributed by atoms with Crippen LogP contribution in [0.4, 0.5) is 0 Å². The van der Waals surface area contributed by atoms with Crippen LogP contribution in [-0.2, 0) is 6.42 Å². The summed E-state index contributed by atoms with van der Waals surface area (Å²) in [6.45, 7) is 0. The summed E-state index contributed by atoms with van der Waals surface area (Å²) in [7, 11) is 0. The molecule has 16 heavy (non-hydrogen) atoms. The van der Waals surface area contributed by atoms with Crippen molar-refractivity contribution in [2.75, 3.05) is 0 Å². The lowest BCUT2D eigenvalue weighted by Gasteiger charge is -1.95. The van der Waals surface area contributed by atoms with Gasteiger partial charge in [-0.25, -0.2) is 4.98 Å². The van der Waals surface area contributed by atoms with Gasteiger partial charge in [-0.05, 0) is 24.3 Å². The van der Waals surface area contributed by atoms with Crippen LogP contribution in [0.2, 0.25) is 10.2 Å². The fourth-order valence-corrected chi connectivity index (χ4v) is 1.65. The highest BCUT2D eigenvalue weighted by molar-refractivity contribution is 6.30. The van der Waals surface area contributed by atoms with Crippen molar-refractivity contribution in [1.82, 2.24) is 9.97 Å². The molecule has 0 bridgehead atoms. The predicted molar refractivity (Wildman–Crippen MR) is 63.4 cm³/mol. The number of halogens is 2. The molecule has 0 saturated heterocycles. The van der Waals surface area contributed by atoms with Crippen LogP contribution in [0.15, 0.2) is 24.3 Å². The summed E-state index contributed by atoms with van der Waals surface area (Å²) in [5.74, 6) is 0.645. The highest BCUT2D eigenvalue weighted by Gasteiger charge is 2.09. The number of nitrogens with one attached hydrogen (secondary N) is 1. The van der Waals surface area contributed by atoms with Crippen molar-refractivity contribution in [3.05, 3.63) is 40.1 Å². The monoisotopic (exact) mass is 251 g/mol. The molecule has 0 amide bonds. The second kappa shape index (κ2) is 4.56. The lowest BCUT2D eigenvalue weighted by atomic mass is 10.2. The molecule has 1 N–H and O–H groups in total. The van der Waals surface area contributed by atoms with Gasteiger partial charge in [0.15, 0.2) is 5.15 Å². The minimum absolute atomic E-state index is 0.222. The molecule has 2 rings (SSSR count). The van der Waals surface area contributed by atoms with Crippen molar-refractivity contribution in [2.45, 2.75) is 6.42 Å². The number of benzene rings is 1. The zero-order chi connectivity index (χ0) is 11.5. The van der Waals surface area contributed by atoms with E-state index in [2.05, 4.69) is 9.97 Å². The van der Waals surface area contributed by atoms with E-state index in [1.165, 1.54) is 0 Å². The highest BCUT2D eigenvalue weighted by atomic mass is 35.5. The fraction of sp³-hybridized carbons (Fsp3) is 0.0909. The van der Waals surface area contributed by atoms with Gasteiger partial charge in [0.05, 0.1) is 18.2 Å². The van der Waals surface area contributed by atoms with Gasteiger partial charge in [0.2, 0.25) is 0 Å². The third-order valence-corrected chi connectivity index (χ3v) is 2.67. The number of nitrogens with zero attached hydrogens (tertiary/aromatic N) is 2. The predicted octanol–water partition coefficient (Wildman–Crippen LogP) is 3.45. The van der Waals surface area contributed by atoms with E-state index in [1.807, 2.05) is 18.2 Å². The van der Waals surface area contributed by atoms with E-state index in [4.69, 9.17) is 28.5 Å². The second-order valence-electron chi connectivity index (χ2n) is 3.20. The first-order valence-corrected chi connectivity index (χ1v) is 5.33. The number of nitriles is 1. The summed E-state index contributed by atoms with van der Waals surface area (Å²) in [5.41, 5.74) is 1.52. The van der Waals surface area contributed by atoms with E-state index >= 15 is 0 Å². The summed E-state index contributed by atoms with van der Waals surface area (Å²) >= 11 is 11.7. The van der Waals surface area contributed by atoms with Gasteiger partial charge in [0.1, 0.15) is 5.82 Å². The number of rotatable bonds is 2. The Labute approximate surface area is 103 Å². The van der Waals surface area contributed by atoms with E-state index in [1.54, 1.807) is 12.1 Å². The lowest BCUT2D eigenvalue weighted by Crippen LogP contribution is -1.82. The van der Waals surface area contributed by atoms with Crippen molar-refractivity contribution < 1.29 is 0 Å². The minimum Gasteiger partial charge on any atom is -0.340 e. The maximum Gasteiger partial charge on any atom is 0.151 e. The van der Waals surface area contributed by atoms with Crippen LogP contribution in [0.5, 0.6) is 0 Å². The molecule has 1 heterocycles. The van der Waals surface area contributed by atoms with Gasteiger partial charge in [-0.1, -0.05) is 23.2 Å². The molecule has 2 aromatic rings. The minimum atomic E-state index is 0.222. The van der Waals surface area contributed by atoms with E-state index in [-0.39, 0.29) is 6.42 Å². The molecule has 0 fully saturated rings. The Balaban J connectivity index is 2.38. The zero-order valence-electron chi connectivity index (χ0n) is 8.17. The van der Waals surface area contributed by atoms with Gasteiger partial charge in [-0.2, -0.15) is 5.26 Å². The average molecular weight is 252 g/mol. The Morgan fingerprint density at radius 2 is 1.94 bits per heavy atom. The molecule has 0 aliphatic carbocycles. The van der Waals surface area contributed by atoms with Crippen LogP contribution in [0.3, 0.4) is 0 Å². The summed E-state index contributed by atoms with van der Waals surface area (Å²) in [4.78, 5) is 7.15. The van der Waals surface area contributed by atoms with E-state index in [0.29, 0.717) is 21.7 Å². The first-order chi connectivity index (χ1) is 7.70. The number of hydrogen-bond acceptors (Lipinski definition) is 2. The molecule has 1 aromatic carbocycles. The zero-order valence-corrected chi connectivity index (χ0v) is 9.68. The molecule has 0 aliphatic heterocycles. The molecule has 5 heteroatoms. The Hall–Kier alpha value is -1.50. The van der Waals surface area contributed by atoms with Gasteiger partial charge in [0, 0.05) is 10.6 Å². The number of hydrogen-bond donors (Lipinski definition) is 1. The third kappa shape index (κ3) is 2.19. The van der Waals surface area contributed by atoms with Crippen molar-refractivity contribution in [2.24, 2.45) is 0 Å². The normalized spacial score (nSPS) is 10.1. The van der Waals surface area contributed by atoms with Crippen molar-refractivity contribution >= 4 is 23.2 Å².